The number of rotatable bonds is 2. The average Bonchev–Trinajstić information content (AvgIpc) is 2.31. The lowest BCUT2D eigenvalue weighted by Gasteiger charge is -2.12. The molecule has 3 unspecified atom stereocenters. The minimum Gasteiger partial charge on any atom is -0.433 e. The summed E-state index contributed by atoms with van der Waals surface area (Å²) in [6.45, 7) is 3.16. The molecule has 0 spiro atoms. The van der Waals surface area contributed by atoms with E-state index in [2.05, 4.69) is 4.74 Å². The predicted molar refractivity (Wildman–Crippen MR) is 40.2 cm³/mol. The Balaban J connectivity index is 2.40. The van der Waals surface area contributed by atoms with E-state index in [4.69, 9.17) is 4.74 Å². The van der Waals surface area contributed by atoms with Crippen LogP contribution >= 0.6 is 0 Å². The zero-order valence-electron chi connectivity index (χ0n) is 7.25. The standard InChI is InChI=1S/C8H13FO3/c1-3-6-4-7(9)8(12-6)11-5(2)10/h6-8H,3-4H2,1-2H3. The van der Waals surface area contributed by atoms with Crippen LogP contribution in [0.4, 0.5) is 4.39 Å². The third-order valence-electron chi connectivity index (χ3n) is 1.85. The highest BCUT2D eigenvalue weighted by Crippen LogP contribution is 2.25. The van der Waals surface area contributed by atoms with E-state index in [1.54, 1.807) is 0 Å². The van der Waals surface area contributed by atoms with E-state index in [-0.39, 0.29) is 6.10 Å². The third-order valence-corrected chi connectivity index (χ3v) is 1.85. The molecule has 0 aliphatic carbocycles. The summed E-state index contributed by atoms with van der Waals surface area (Å²) in [5.41, 5.74) is 0. The van der Waals surface area contributed by atoms with E-state index < -0.39 is 18.4 Å². The number of hydrogen-bond donors (Lipinski definition) is 0. The Morgan fingerprint density at radius 1 is 1.75 bits per heavy atom. The van der Waals surface area contributed by atoms with Crippen molar-refractivity contribution >= 4 is 5.97 Å². The maximum absolute atomic E-state index is 13.0. The van der Waals surface area contributed by atoms with Gasteiger partial charge >= 0.3 is 5.97 Å². The van der Waals surface area contributed by atoms with Gasteiger partial charge in [-0.25, -0.2) is 4.39 Å². The molecule has 0 saturated carbocycles. The Kier molecular flexibility index (Phi) is 3.03. The number of esters is 1. The number of hydrogen-bond acceptors (Lipinski definition) is 3. The van der Waals surface area contributed by atoms with Crippen molar-refractivity contribution in [1.29, 1.82) is 0 Å². The van der Waals surface area contributed by atoms with Crippen LogP contribution < -0.4 is 0 Å². The zero-order chi connectivity index (χ0) is 9.14. The van der Waals surface area contributed by atoms with Crippen molar-refractivity contribution in [1.82, 2.24) is 0 Å². The Labute approximate surface area is 70.8 Å². The SMILES string of the molecule is CCC1CC(F)C(OC(C)=O)O1. The molecule has 3 atom stereocenters. The Bertz CT molecular complexity index is 172. The highest BCUT2D eigenvalue weighted by Gasteiger charge is 2.36. The van der Waals surface area contributed by atoms with Crippen molar-refractivity contribution in [2.75, 3.05) is 0 Å². The molecule has 0 N–H and O–H groups in total. The van der Waals surface area contributed by atoms with Gasteiger partial charge in [-0.15, -0.1) is 0 Å². The van der Waals surface area contributed by atoms with Crippen LogP contribution in [0, 0.1) is 0 Å². The smallest absolute Gasteiger partial charge is 0.305 e. The molecule has 0 bridgehead atoms. The molecule has 1 fully saturated rings. The summed E-state index contributed by atoms with van der Waals surface area (Å²) in [6.07, 6.45) is -1.18. The molecule has 0 radical (unpaired) electrons. The van der Waals surface area contributed by atoms with Crippen molar-refractivity contribution in [3.63, 3.8) is 0 Å². The zero-order valence-corrected chi connectivity index (χ0v) is 7.25. The predicted octanol–water partition coefficient (Wildman–Crippen LogP) is 1.41. The van der Waals surface area contributed by atoms with Gasteiger partial charge in [-0.1, -0.05) is 6.92 Å². The van der Waals surface area contributed by atoms with Crippen LogP contribution in [0.3, 0.4) is 0 Å². The van der Waals surface area contributed by atoms with E-state index in [1.165, 1.54) is 6.92 Å². The molecule has 70 valence electrons. The van der Waals surface area contributed by atoms with Crippen molar-refractivity contribution in [3.8, 4) is 0 Å². The summed E-state index contributed by atoms with van der Waals surface area (Å²) in [5.74, 6) is -0.501. The van der Waals surface area contributed by atoms with Gasteiger partial charge in [-0.05, 0) is 6.42 Å². The van der Waals surface area contributed by atoms with Crippen LogP contribution in [-0.4, -0.2) is 24.5 Å². The van der Waals surface area contributed by atoms with Crippen LogP contribution in [-0.2, 0) is 14.3 Å². The van der Waals surface area contributed by atoms with E-state index >= 15 is 0 Å². The van der Waals surface area contributed by atoms with Gasteiger partial charge in [-0.3, -0.25) is 4.79 Å². The Morgan fingerprint density at radius 2 is 2.42 bits per heavy atom. The normalized spacial score (nSPS) is 35.1. The molecular weight excluding hydrogens is 163 g/mol. The fourth-order valence-corrected chi connectivity index (χ4v) is 1.22. The first-order valence-electron chi connectivity index (χ1n) is 4.10. The fraction of sp³-hybridized carbons (Fsp3) is 0.875. The molecule has 1 saturated heterocycles. The highest BCUT2D eigenvalue weighted by molar-refractivity contribution is 5.66. The monoisotopic (exact) mass is 176 g/mol. The van der Waals surface area contributed by atoms with Gasteiger partial charge in [0, 0.05) is 13.3 Å². The van der Waals surface area contributed by atoms with Gasteiger partial charge in [0.25, 0.3) is 0 Å². The van der Waals surface area contributed by atoms with Crippen LogP contribution in [0.2, 0.25) is 0 Å². The maximum Gasteiger partial charge on any atom is 0.305 e. The summed E-state index contributed by atoms with van der Waals surface area (Å²) in [5, 5.41) is 0. The number of halogens is 1. The van der Waals surface area contributed by atoms with Crippen molar-refractivity contribution in [2.45, 2.75) is 45.3 Å². The number of ether oxygens (including phenoxy) is 2. The van der Waals surface area contributed by atoms with Crippen LogP contribution in [0.5, 0.6) is 0 Å². The molecule has 1 aliphatic heterocycles. The molecule has 1 heterocycles. The molecule has 3 nitrogen and oxygen atoms in total. The number of carbonyl (C=O) groups excluding carboxylic acids is 1. The first kappa shape index (κ1) is 9.45. The van der Waals surface area contributed by atoms with Gasteiger partial charge < -0.3 is 9.47 Å². The van der Waals surface area contributed by atoms with Gasteiger partial charge in [0.15, 0.2) is 6.17 Å². The van der Waals surface area contributed by atoms with Crippen molar-refractivity contribution in [2.24, 2.45) is 0 Å². The summed E-state index contributed by atoms with van der Waals surface area (Å²) >= 11 is 0. The lowest BCUT2D eigenvalue weighted by molar-refractivity contribution is -0.180. The molecule has 0 aromatic heterocycles. The summed E-state index contributed by atoms with van der Waals surface area (Å²) in [4.78, 5) is 10.5. The second kappa shape index (κ2) is 3.85. The molecule has 1 rings (SSSR count). The largest absolute Gasteiger partial charge is 0.433 e. The van der Waals surface area contributed by atoms with Gasteiger partial charge in [-0.2, -0.15) is 0 Å². The average molecular weight is 176 g/mol. The van der Waals surface area contributed by atoms with Gasteiger partial charge in [0.1, 0.15) is 0 Å². The molecule has 1 aliphatic rings. The Hall–Kier alpha value is -0.640. The molecular formula is C8H13FO3. The minimum atomic E-state index is -1.17. The van der Waals surface area contributed by atoms with Crippen molar-refractivity contribution in [3.05, 3.63) is 0 Å². The summed E-state index contributed by atoms with van der Waals surface area (Å²) in [6, 6.07) is 0. The molecule has 0 aromatic rings. The lowest BCUT2D eigenvalue weighted by Crippen LogP contribution is -2.23. The second-order valence-electron chi connectivity index (χ2n) is 2.90. The quantitative estimate of drug-likeness (QED) is 0.597. The maximum atomic E-state index is 13.0. The second-order valence-corrected chi connectivity index (χ2v) is 2.90. The van der Waals surface area contributed by atoms with Crippen LogP contribution in [0.15, 0.2) is 0 Å². The van der Waals surface area contributed by atoms with Gasteiger partial charge in [0.05, 0.1) is 6.10 Å². The molecule has 4 heteroatoms. The lowest BCUT2D eigenvalue weighted by atomic mass is 10.2. The third kappa shape index (κ3) is 2.17. The van der Waals surface area contributed by atoms with E-state index in [9.17, 15) is 9.18 Å². The molecule has 12 heavy (non-hydrogen) atoms. The fourth-order valence-electron chi connectivity index (χ4n) is 1.22. The van der Waals surface area contributed by atoms with E-state index in [0.717, 1.165) is 6.42 Å². The number of carbonyl (C=O) groups is 1. The molecule has 0 amide bonds. The number of alkyl halides is 1. The van der Waals surface area contributed by atoms with Crippen LogP contribution in [0.1, 0.15) is 26.7 Å². The molecule has 0 aromatic carbocycles. The van der Waals surface area contributed by atoms with Gasteiger partial charge in [0.2, 0.25) is 6.29 Å². The van der Waals surface area contributed by atoms with Crippen LogP contribution in [0.25, 0.3) is 0 Å². The summed E-state index contributed by atoms with van der Waals surface area (Å²) in [7, 11) is 0. The van der Waals surface area contributed by atoms with Crippen molar-refractivity contribution < 1.29 is 18.7 Å². The van der Waals surface area contributed by atoms with E-state index in [0.29, 0.717) is 6.42 Å². The summed E-state index contributed by atoms with van der Waals surface area (Å²) < 4.78 is 22.7. The Morgan fingerprint density at radius 3 is 2.83 bits per heavy atom. The minimum absolute atomic E-state index is 0.107. The highest BCUT2D eigenvalue weighted by atomic mass is 19.1. The first-order chi connectivity index (χ1) is 5.63. The van der Waals surface area contributed by atoms with E-state index in [1.807, 2.05) is 6.92 Å². The first-order valence-corrected chi connectivity index (χ1v) is 4.10. The topological polar surface area (TPSA) is 35.5 Å².